The Bertz CT molecular complexity index is 288. The quantitative estimate of drug-likeness (QED) is 0.824. The summed E-state index contributed by atoms with van der Waals surface area (Å²) in [5.41, 5.74) is 5.54. The van der Waals surface area contributed by atoms with Crippen LogP contribution in [0.5, 0.6) is 0 Å². The van der Waals surface area contributed by atoms with Crippen molar-refractivity contribution < 1.29 is 18.0 Å². The first-order valence-corrected chi connectivity index (χ1v) is 6.66. The molecule has 0 radical (unpaired) electrons. The van der Waals surface area contributed by atoms with Gasteiger partial charge in [-0.05, 0) is 19.4 Å². The highest BCUT2D eigenvalue weighted by Crippen LogP contribution is 2.21. The number of rotatable bonds is 5. The van der Waals surface area contributed by atoms with E-state index < -0.39 is 18.5 Å². The third-order valence-corrected chi connectivity index (χ3v) is 3.51. The number of nitrogens with two attached hydrogens (primary N) is 1. The normalized spacial score (nSPS) is 19.5. The topological polar surface area (TPSA) is 49.6 Å². The molecule has 1 rings (SSSR count). The van der Waals surface area contributed by atoms with Crippen LogP contribution in [-0.4, -0.2) is 60.6 Å². The van der Waals surface area contributed by atoms with Gasteiger partial charge in [-0.2, -0.15) is 13.2 Å². The molecule has 1 atom stereocenters. The second-order valence-corrected chi connectivity index (χ2v) is 4.85. The highest BCUT2D eigenvalue weighted by molar-refractivity contribution is 5.76. The number of carbonyl (C=O) groups is 1. The average Bonchev–Trinajstić information content (AvgIpc) is 2.34. The van der Waals surface area contributed by atoms with Gasteiger partial charge in [0.25, 0.3) is 0 Å². The molecule has 1 aliphatic rings. The molecule has 0 aromatic rings. The van der Waals surface area contributed by atoms with E-state index in [1.165, 1.54) is 4.90 Å². The Hall–Kier alpha value is -0.820. The molecule has 0 saturated carbocycles. The predicted molar refractivity (Wildman–Crippen MR) is 66.6 cm³/mol. The predicted octanol–water partition coefficient (Wildman–Crippen LogP) is 1.21. The summed E-state index contributed by atoms with van der Waals surface area (Å²) in [5, 5.41) is 0. The number of piperazine rings is 1. The van der Waals surface area contributed by atoms with Crippen molar-refractivity contribution in [3.8, 4) is 0 Å². The minimum absolute atomic E-state index is 0.366. The van der Waals surface area contributed by atoms with Gasteiger partial charge in [-0.25, -0.2) is 0 Å². The first-order valence-electron chi connectivity index (χ1n) is 6.66. The maximum atomic E-state index is 12.1. The van der Waals surface area contributed by atoms with Gasteiger partial charge in [0.2, 0.25) is 5.91 Å². The largest absolute Gasteiger partial charge is 0.397 e. The first-order chi connectivity index (χ1) is 8.87. The zero-order valence-electron chi connectivity index (χ0n) is 11.2. The lowest BCUT2D eigenvalue weighted by Crippen LogP contribution is -2.52. The second-order valence-electron chi connectivity index (χ2n) is 4.85. The molecule has 1 heterocycles. The molecule has 4 nitrogen and oxygen atoms in total. The Morgan fingerprint density at radius 3 is 2.26 bits per heavy atom. The maximum Gasteiger partial charge on any atom is 0.397 e. The van der Waals surface area contributed by atoms with Gasteiger partial charge in [0, 0.05) is 32.2 Å². The molecule has 1 unspecified atom stereocenters. The molecule has 0 aromatic heterocycles. The minimum atomic E-state index is -4.42. The molecule has 2 N–H and O–H groups in total. The fourth-order valence-corrected chi connectivity index (χ4v) is 2.46. The van der Waals surface area contributed by atoms with Crippen molar-refractivity contribution in [2.75, 3.05) is 32.7 Å². The molecular weight excluding hydrogens is 259 g/mol. The monoisotopic (exact) mass is 281 g/mol. The van der Waals surface area contributed by atoms with E-state index in [-0.39, 0.29) is 0 Å². The summed E-state index contributed by atoms with van der Waals surface area (Å²) in [4.78, 5) is 15.0. The number of hydrogen-bond acceptors (Lipinski definition) is 3. The lowest BCUT2D eigenvalue weighted by atomic mass is 10.1. The Labute approximate surface area is 111 Å². The zero-order chi connectivity index (χ0) is 14.5. The van der Waals surface area contributed by atoms with Crippen molar-refractivity contribution in [1.82, 2.24) is 9.80 Å². The lowest BCUT2D eigenvalue weighted by Gasteiger charge is -2.39. The molecule has 0 spiro atoms. The van der Waals surface area contributed by atoms with E-state index in [2.05, 4.69) is 11.8 Å². The van der Waals surface area contributed by atoms with Crippen LogP contribution in [0.2, 0.25) is 0 Å². The van der Waals surface area contributed by atoms with Gasteiger partial charge in [-0.1, -0.05) is 6.92 Å². The molecule has 19 heavy (non-hydrogen) atoms. The van der Waals surface area contributed by atoms with Crippen LogP contribution >= 0.6 is 0 Å². The molecule has 0 bridgehead atoms. The standard InChI is InChI=1S/C12H22F3N3O/c1-2-10(3-4-16)17-5-7-18(8-6-17)11(19)9-12(13,14)15/h10H,2-9,16H2,1H3. The number of carbonyl (C=O) groups excluding carboxylic acids is 1. The van der Waals surface area contributed by atoms with E-state index in [0.29, 0.717) is 38.8 Å². The van der Waals surface area contributed by atoms with Crippen LogP contribution in [0.15, 0.2) is 0 Å². The third-order valence-electron chi connectivity index (χ3n) is 3.51. The van der Waals surface area contributed by atoms with Crippen molar-refractivity contribution in [2.45, 2.75) is 38.4 Å². The molecule has 1 aliphatic heterocycles. The van der Waals surface area contributed by atoms with E-state index in [4.69, 9.17) is 5.73 Å². The van der Waals surface area contributed by atoms with Crippen molar-refractivity contribution in [3.05, 3.63) is 0 Å². The number of alkyl halides is 3. The van der Waals surface area contributed by atoms with Gasteiger partial charge >= 0.3 is 6.18 Å². The van der Waals surface area contributed by atoms with Crippen LogP contribution in [0.3, 0.4) is 0 Å². The van der Waals surface area contributed by atoms with Gasteiger partial charge in [0.1, 0.15) is 6.42 Å². The number of hydrogen-bond donors (Lipinski definition) is 1. The summed E-state index contributed by atoms with van der Waals surface area (Å²) >= 11 is 0. The molecular formula is C12H22F3N3O. The van der Waals surface area contributed by atoms with Crippen molar-refractivity contribution in [3.63, 3.8) is 0 Å². The molecule has 0 aliphatic carbocycles. The number of nitrogens with zero attached hydrogens (tertiary/aromatic N) is 2. The number of halogens is 3. The SMILES string of the molecule is CCC(CCN)N1CCN(C(=O)CC(F)(F)F)CC1. The van der Waals surface area contributed by atoms with Crippen molar-refractivity contribution in [1.29, 1.82) is 0 Å². The zero-order valence-corrected chi connectivity index (χ0v) is 11.2. The Balaban J connectivity index is 2.42. The molecule has 7 heteroatoms. The van der Waals surface area contributed by atoms with Crippen LogP contribution < -0.4 is 5.73 Å². The summed E-state index contributed by atoms with van der Waals surface area (Å²) in [6.45, 7) is 4.67. The molecule has 1 saturated heterocycles. The average molecular weight is 281 g/mol. The number of amides is 1. The van der Waals surface area contributed by atoms with Gasteiger partial charge in [-0.3, -0.25) is 9.69 Å². The van der Waals surface area contributed by atoms with E-state index in [0.717, 1.165) is 12.8 Å². The van der Waals surface area contributed by atoms with Gasteiger partial charge < -0.3 is 10.6 Å². The summed E-state index contributed by atoms with van der Waals surface area (Å²) in [6, 6.07) is 0.366. The fourth-order valence-electron chi connectivity index (χ4n) is 2.46. The minimum Gasteiger partial charge on any atom is -0.340 e. The molecule has 1 amide bonds. The van der Waals surface area contributed by atoms with E-state index in [1.54, 1.807) is 0 Å². The molecule has 1 fully saturated rings. The lowest BCUT2D eigenvalue weighted by molar-refractivity contribution is -0.162. The maximum absolute atomic E-state index is 12.1. The highest BCUT2D eigenvalue weighted by Gasteiger charge is 2.34. The van der Waals surface area contributed by atoms with Crippen LogP contribution in [0, 0.1) is 0 Å². The van der Waals surface area contributed by atoms with Crippen LogP contribution in [-0.2, 0) is 4.79 Å². The summed E-state index contributed by atoms with van der Waals surface area (Å²) < 4.78 is 36.4. The highest BCUT2D eigenvalue weighted by atomic mass is 19.4. The van der Waals surface area contributed by atoms with E-state index in [9.17, 15) is 18.0 Å². The van der Waals surface area contributed by atoms with Gasteiger partial charge in [0.15, 0.2) is 0 Å². The van der Waals surface area contributed by atoms with Crippen molar-refractivity contribution in [2.24, 2.45) is 5.73 Å². The van der Waals surface area contributed by atoms with E-state index >= 15 is 0 Å². The third kappa shape index (κ3) is 5.36. The van der Waals surface area contributed by atoms with Crippen LogP contribution in [0.4, 0.5) is 13.2 Å². The van der Waals surface area contributed by atoms with E-state index in [1.807, 2.05) is 0 Å². The summed E-state index contributed by atoms with van der Waals surface area (Å²) in [5.74, 6) is -0.820. The van der Waals surface area contributed by atoms with Crippen LogP contribution in [0.1, 0.15) is 26.2 Å². The molecule has 0 aromatic carbocycles. The second kappa shape index (κ2) is 7.09. The first kappa shape index (κ1) is 16.2. The molecule has 112 valence electrons. The summed E-state index contributed by atoms with van der Waals surface area (Å²) in [7, 11) is 0. The van der Waals surface area contributed by atoms with Crippen LogP contribution in [0.25, 0.3) is 0 Å². The Morgan fingerprint density at radius 2 is 1.84 bits per heavy atom. The van der Waals surface area contributed by atoms with Gasteiger partial charge in [-0.15, -0.1) is 0 Å². The fraction of sp³-hybridized carbons (Fsp3) is 0.917. The smallest absolute Gasteiger partial charge is 0.340 e. The van der Waals surface area contributed by atoms with Gasteiger partial charge in [0.05, 0.1) is 0 Å². The Morgan fingerprint density at radius 1 is 1.26 bits per heavy atom. The summed E-state index contributed by atoms with van der Waals surface area (Å²) in [6.07, 6.45) is -3.92. The van der Waals surface area contributed by atoms with Crippen molar-refractivity contribution >= 4 is 5.91 Å². The Kier molecular flexibility index (Phi) is 6.06.